The monoisotopic (exact) mass is 305 g/mol. The summed E-state index contributed by atoms with van der Waals surface area (Å²) in [7, 11) is 0. The molecule has 118 valence electrons. The quantitative estimate of drug-likeness (QED) is 0.901. The van der Waals surface area contributed by atoms with E-state index in [1.165, 1.54) is 11.2 Å². The molecule has 1 fully saturated rings. The first-order valence-corrected chi connectivity index (χ1v) is 7.55. The second-order valence-electron chi connectivity index (χ2n) is 5.55. The van der Waals surface area contributed by atoms with E-state index in [4.69, 9.17) is 9.15 Å². The van der Waals surface area contributed by atoms with Crippen LogP contribution in [0.1, 0.15) is 38.0 Å². The van der Waals surface area contributed by atoms with Gasteiger partial charge in [0.2, 0.25) is 0 Å². The van der Waals surface area contributed by atoms with Gasteiger partial charge in [0.1, 0.15) is 11.8 Å². The number of aliphatic hydroxyl groups excluding tert-OH is 1. The Bertz CT molecular complexity index is 598. The van der Waals surface area contributed by atoms with Crippen LogP contribution in [-0.2, 0) is 14.3 Å². The number of furan rings is 1. The number of hydrogen-bond donors (Lipinski definition) is 1. The molecular formula is C16H19NO5. The number of carbonyl (C=O) groups is 2. The molecule has 2 aliphatic heterocycles. The third-order valence-electron chi connectivity index (χ3n) is 4.16. The largest absolute Gasteiger partial charge is 0.503 e. The molecule has 1 aromatic rings. The summed E-state index contributed by atoms with van der Waals surface area (Å²) in [5, 5.41) is 10.2. The zero-order valence-corrected chi connectivity index (χ0v) is 12.4. The number of carbonyl (C=O) groups excluding carboxylic acids is 2. The maximum absolute atomic E-state index is 12.4. The molecule has 6 heteroatoms. The zero-order chi connectivity index (χ0) is 15.7. The van der Waals surface area contributed by atoms with Gasteiger partial charge in [0.15, 0.2) is 11.5 Å². The number of hydrogen-bond acceptors (Lipinski definition) is 5. The van der Waals surface area contributed by atoms with Crippen molar-refractivity contribution in [2.45, 2.75) is 38.3 Å². The van der Waals surface area contributed by atoms with Crippen LogP contribution in [0.4, 0.5) is 0 Å². The van der Waals surface area contributed by atoms with Crippen LogP contribution in [-0.4, -0.2) is 41.0 Å². The summed E-state index contributed by atoms with van der Waals surface area (Å²) in [5.41, 5.74) is 0.125. The first-order chi connectivity index (χ1) is 10.6. The molecule has 0 saturated carbocycles. The highest BCUT2D eigenvalue weighted by Gasteiger charge is 2.45. The molecule has 3 heterocycles. The number of aliphatic hydroxyl groups is 1. The van der Waals surface area contributed by atoms with Crippen LogP contribution in [0.15, 0.2) is 34.1 Å². The van der Waals surface area contributed by atoms with Crippen LogP contribution < -0.4 is 0 Å². The number of amides is 1. The van der Waals surface area contributed by atoms with Gasteiger partial charge in [-0.25, -0.2) is 0 Å². The van der Waals surface area contributed by atoms with Crippen molar-refractivity contribution in [2.24, 2.45) is 0 Å². The van der Waals surface area contributed by atoms with Crippen LogP contribution >= 0.6 is 0 Å². The maximum Gasteiger partial charge on any atom is 0.290 e. The normalized spacial score (nSPS) is 25.3. The van der Waals surface area contributed by atoms with Gasteiger partial charge in [-0.15, -0.1) is 0 Å². The third kappa shape index (κ3) is 2.43. The molecule has 0 aromatic carbocycles. The van der Waals surface area contributed by atoms with Crippen molar-refractivity contribution in [3.05, 3.63) is 35.5 Å². The number of Topliss-reactive ketones (excluding diaryl/α,β-unsaturated/α-hetero) is 1. The van der Waals surface area contributed by atoms with Gasteiger partial charge in [-0.1, -0.05) is 6.92 Å². The molecule has 0 spiro atoms. The van der Waals surface area contributed by atoms with Gasteiger partial charge in [0.05, 0.1) is 17.9 Å². The van der Waals surface area contributed by atoms with Crippen LogP contribution in [0.5, 0.6) is 0 Å². The molecule has 1 aromatic heterocycles. The van der Waals surface area contributed by atoms with Crippen molar-refractivity contribution >= 4 is 11.7 Å². The molecule has 3 rings (SSSR count). The lowest BCUT2D eigenvalue weighted by atomic mass is 9.99. The summed E-state index contributed by atoms with van der Waals surface area (Å²) in [5.74, 6) is -0.769. The Morgan fingerprint density at radius 3 is 2.91 bits per heavy atom. The minimum atomic E-state index is -0.667. The van der Waals surface area contributed by atoms with Crippen LogP contribution in [0.3, 0.4) is 0 Å². The van der Waals surface area contributed by atoms with E-state index >= 15 is 0 Å². The number of nitrogens with zero attached hydrogens (tertiary/aromatic N) is 1. The summed E-state index contributed by atoms with van der Waals surface area (Å²) >= 11 is 0. The Hall–Kier alpha value is -2.08. The van der Waals surface area contributed by atoms with Gasteiger partial charge in [0.25, 0.3) is 5.91 Å². The molecule has 2 unspecified atom stereocenters. The first-order valence-electron chi connectivity index (χ1n) is 7.55. The Balaban J connectivity index is 1.95. The predicted octanol–water partition coefficient (Wildman–Crippen LogP) is 2.13. The van der Waals surface area contributed by atoms with E-state index in [0.29, 0.717) is 18.9 Å². The summed E-state index contributed by atoms with van der Waals surface area (Å²) in [6.45, 7) is 2.72. The highest BCUT2D eigenvalue weighted by atomic mass is 16.5. The van der Waals surface area contributed by atoms with Crippen LogP contribution in [0.2, 0.25) is 0 Å². The first kappa shape index (κ1) is 14.8. The van der Waals surface area contributed by atoms with Crippen molar-refractivity contribution in [1.82, 2.24) is 4.90 Å². The summed E-state index contributed by atoms with van der Waals surface area (Å²) < 4.78 is 11.0. The number of ether oxygens (including phenoxy) is 1. The van der Waals surface area contributed by atoms with E-state index in [0.717, 1.165) is 12.8 Å². The summed E-state index contributed by atoms with van der Waals surface area (Å²) in [6, 6.07) is 2.74. The van der Waals surface area contributed by atoms with E-state index < -0.39 is 17.7 Å². The van der Waals surface area contributed by atoms with E-state index in [-0.39, 0.29) is 23.9 Å². The van der Waals surface area contributed by atoms with E-state index in [1.807, 2.05) is 0 Å². The lowest BCUT2D eigenvalue weighted by Gasteiger charge is -2.27. The zero-order valence-electron chi connectivity index (χ0n) is 12.4. The molecule has 1 amide bonds. The lowest BCUT2D eigenvalue weighted by molar-refractivity contribution is -0.131. The second-order valence-corrected chi connectivity index (χ2v) is 5.55. The minimum absolute atomic E-state index is 0.0645. The number of ketones is 1. The smallest absolute Gasteiger partial charge is 0.290 e. The predicted molar refractivity (Wildman–Crippen MR) is 77.1 cm³/mol. The van der Waals surface area contributed by atoms with Crippen molar-refractivity contribution in [3.63, 3.8) is 0 Å². The Labute approximate surface area is 128 Å². The van der Waals surface area contributed by atoms with E-state index in [9.17, 15) is 14.7 Å². The van der Waals surface area contributed by atoms with Gasteiger partial charge in [-0.2, -0.15) is 0 Å². The van der Waals surface area contributed by atoms with Crippen molar-refractivity contribution < 1.29 is 23.8 Å². The van der Waals surface area contributed by atoms with Gasteiger partial charge >= 0.3 is 0 Å². The van der Waals surface area contributed by atoms with Crippen LogP contribution in [0.25, 0.3) is 0 Å². The number of rotatable bonds is 5. The Morgan fingerprint density at radius 2 is 2.32 bits per heavy atom. The van der Waals surface area contributed by atoms with E-state index in [2.05, 4.69) is 0 Å². The van der Waals surface area contributed by atoms with Gasteiger partial charge in [-0.05, 0) is 25.0 Å². The Morgan fingerprint density at radius 1 is 1.50 bits per heavy atom. The standard InChI is InChI=1S/C16H19NO5/c1-2-11(18)13-14(12-6-4-8-22-12)17(16(20)15(13)19)9-10-5-3-7-21-10/h4,6,8,10,14,19H,2-3,5,7,9H2,1H3. The molecule has 1 saturated heterocycles. The molecule has 0 radical (unpaired) electrons. The van der Waals surface area contributed by atoms with Crippen molar-refractivity contribution in [2.75, 3.05) is 13.2 Å². The molecule has 2 atom stereocenters. The average molecular weight is 305 g/mol. The average Bonchev–Trinajstić information content (AvgIpc) is 3.24. The highest BCUT2D eigenvalue weighted by molar-refractivity contribution is 6.08. The maximum atomic E-state index is 12.4. The molecule has 2 aliphatic rings. The summed E-state index contributed by atoms with van der Waals surface area (Å²) in [6.07, 6.45) is 3.47. The van der Waals surface area contributed by atoms with Gasteiger partial charge < -0.3 is 19.2 Å². The van der Waals surface area contributed by atoms with Gasteiger partial charge in [0, 0.05) is 19.6 Å². The van der Waals surface area contributed by atoms with Crippen molar-refractivity contribution in [1.29, 1.82) is 0 Å². The van der Waals surface area contributed by atoms with Gasteiger partial charge in [-0.3, -0.25) is 9.59 Å². The highest BCUT2D eigenvalue weighted by Crippen LogP contribution is 2.39. The third-order valence-corrected chi connectivity index (χ3v) is 4.16. The summed E-state index contributed by atoms with van der Waals surface area (Å²) in [4.78, 5) is 26.1. The minimum Gasteiger partial charge on any atom is -0.503 e. The lowest BCUT2D eigenvalue weighted by Crippen LogP contribution is -2.37. The molecular weight excluding hydrogens is 286 g/mol. The molecule has 1 N–H and O–H groups in total. The molecule has 0 aliphatic carbocycles. The molecule has 6 nitrogen and oxygen atoms in total. The second kappa shape index (κ2) is 5.96. The fourth-order valence-electron chi connectivity index (χ4n) is 3.07. The molecule has 22 heavy (non-hydrogen) atoms. The fourth-order valence-corrected chi connectivity index (χ4v) is 3.07. The topological polar surface area (TPSA) is 80.0 Å². The van der Waals surface area contributed by atoms with Crippen molar-refractivity contribution in [3.8, 4) is 0 Å². The fraction of sp³-hybridized carbons (Fsp3) is 0.500. The van der Waals surface area contributed by atoms with Crippen LogP contribution in [0, 0.1) is 0 Å². The Kier molecular flexibility index (Phi) is 4.02. The SMILES string of the molecule is CCC(=O)C1=C(O)C(=O)N(CC2CCCO2)C1c1ccco1. The molecule has 0 bridgehead atoms. The van der Waals surface area contributed by atoms with E-state index in [1.54, 1.807) is 19.1 Å².